The van der Waals surface area contributed by atoms with Gasteiger partial charge in [-0.15, -0.1) is 0 Å². The second-order valence-corrected chi connectivity index (χ2v) is 11.2. The summed E-state index contributed by atoms with van der Waals surface area (Å²) in [4.78, 5) is 35.0. The van der Waals surface area contributed by atoms with Gasteiger partial charge in [0.25, 0.3) is 5.91 Å². The number of hydrogen-bond donors (Lipinski definition) is 2. The third kappa shape index (κ3) is 7.15. The normalized spacial score (nSPS) is 15.5. The molecule has 0 unspecified atom stereocenters. The van der Waals surface area contributed by atoms with Gasteiger partial charge in [0.1, 0.15) is 5.82 Å². The summed E-state index contributed by atoms with van der Waals surface area (Å²) in [5, 5.41) is 6.23. The fourth-order valence-electron chi connectivity index (χ4n) is 5.53. The molecule has 42 heavy (non-hydrogen) atoms. The Labute approximate surface area is 247 Å². The second kappa shape index (κ2) is 13.6. The van der Waals surface area contributed by atoms with Crippen molar-refractivity contribution in [1.82, 2.24) is 19.3 Å². The topological polar surface area (TPSA) is 101 Å². The van der Waals surface area contributed by atoms with E-state index in [4.69, 9.17) is 4.74 Å². The van der Waals surface area contributed by atoms with Crippen LogP contribution in [-0.4, -0.2) is 57.4 Å². The zero-order valence-electron chi connectivity index (χ0n) is 24.7. The first kappa shape index (κ1) is 29.3. The summed E-state index contributed by atoms with van der Waals surface area (Å²) in [7, 11) is 0. The van der Waals surface area contributed by atoms with E-state index in [1.165, 1.54) is 39.0 Å². The molecule has 6 rings (SSSR count). The number of carbonyl (C=O) groups excluding carboxylic acids is 2. The monoisotopic (exact) mass is 568 g/mol. The molecule has 4 heterocycles. The van der Waals surface area contributed by atoms with Crippen LogP contribution in [-0.2, 0) is 9.53 Å². The maximum Gasteiger partial charge on any atom is 0.255 e. The Kier molecular flexibility index (Phi) is 9.48. The Morgan fingerprint density at radius 1 is 1.00 bits per heavy atom. The number of benzene rings is 1. The molecular formula is C33H40N6O3. The van der Waals surface area contributed by atoms with E-state index in [2.05, 4.69) is 27.5 Å². The van der Waals surface area contributed by atoms with Gasteiger partial charge in [0.05, 0.1) is 24.5 Å². The number of pyridine rings is 2. The van der Waals surface area contributed by atoms with E-state index in [1.807, 2.05) is 48.0 Å². The Bertz CT molecular complexity index is 1520. The highest BCUT2D eigenvalue weighted by Crippen LogP contribution is 2.32. The number of aromatic nitrogens is 3. The van der Waals surface area contributed by atoms with Crippen LogP contribution in [0.15, 0.2) is 61.2 Å². The summed E-state index contributed by atoms with van der Waals surface area (Å²) in [6.07, 6.45) is 14.7. The number of nitrogens with zero attached hydrogens (tertiary/aromatic N) is 4. The fraction of sp³-hybridized carbons (Fsp3) is 0.394. The van der Waals surface area contributed by atoms with Gasteiger partial charge < -0.3 is 24.7 Å². The van der Waals surface area contributed by atoms with Crippen LogP contribution >= 0.6 is 0 Å². The van der Waals surface area contributed by atoms with Gasteiger partial charge in [-0.1, -0.05) is 51.2 Å². The Balaban J connectivity index is 0.000000442. The predicted octanol–water partition coefficient (Wildman–Crippen LogP) is 6.47. The average molecular weight is 569 g/mol. The zero-order valence-corrected chi connectivity index (χ0v) is 24.7. The van der Waals surface area contributed by atoms with Crippen molar-refractivity contribution in [1.29, 1.82) is 0 Å². The van der Waals surface area contributed by atoms with Gasteiger partial charge in [-0.05, 0) is 48.2 Å². The van der Waals surface area contributed by atoms with Crippen molar-refractivity contribution in [2.45, 2.75) is 52.9 Å². The molecule has 9 nitrogen and oxygen atoms in total. The zero-order chi connectivity index (χ0) is 29.5. The van der Waals surface area contributed by atoms with Crippen molar-refractivity contribution in [3.63, 3.8) is 0 Å². The van der Waals surface area contributed by atoms with E-state index >= 15 is 0 Å². The number of hydrogen-bond acceptors (Lipinski definition) is 6. The number of carbonyl (C=O) groups is 2. The molecule has 1 saturated heterocycles. The molecule has 2 fully saturated rings. The minimum Gasteiger partial charge on any atom is -0.378 e. The SMILES string of the molecule is CC(=O)Nc1cccc(-c2cc(Nc3ccc(C(=O)N4CCOCC4)cn3)c3nccn3c2)c1C.CC1CCCCC1. The van der Waals surface area contributed by atoms with Crippen molar-refractivity contribution < 1.29 is 14.3 Å². The van der Waals surface area contributed by atoms with Gasteiger partial charge in [-0.25, -0.2) is 9.97 Å². The van der Waals surface area contributed by atoms with E-state index in [9.17, 15) is 9.59 Å². The van der Waals surface area contributed by atoms with Crippen LogP contribution in [0.25, 0.3) is 16.8 Å². The van der Waals surface area contributed by atoms with Crippen molar-refractivity contribution in [3.8, 4) is 11.1 Å². The lowest BCUT2D eigenvalue weighted by Gasteiger charge is -2.26. The van der Waals surface area contributed by atoms with Crippen LogP contribution in [0.1, 0.15) is 61.9 Å². The number of rotatable bonds is 5. The van der Waals surface area contributed by atoms with Crippen molar-refractivity contribution >= 4 is 34.7 Å². The molecule has 1 aliphatic carbocycles. The quantitative estimate of drug-likeness (QED) is 0.286. The Morgan fingerprint density at radius 3 is 2.45 bits per heavy atom. The van der Waals surface area contributed by atoms with Gasteiger partial charge in [-0.3, -0.25) is 9.59 Å². The number of morpholine rings is 1. The minimum absolute atomic E-state index is 0.0421. The summed E-state index contributed by atoms with van der Waals surface area (Å²) in [5.74, 6) is 1.49. The molecule has 0 atom stereocenters. The van der Waals surface area contributed by atoms with Crippen LogP contribution in [0.3, 0.4) is 0 Å². The van der Waals surface area contributed by atoms with E-state index in [-0.39, 0.29) is 11.8 Å². The maximum atomic E-state index is 12.7. The van der Waals surface area contributed by atoms with Crippen LogP contribution < -0.4 is 10.6 Å². The average Bonchev–Trinajstić information content (AvgIpc) is 3.49. The third-order valence-corrected chi connectivity index (χ3v) is 7.91. The number of amides is 2. The van der Waals surface area contributed by atoms with E-state index in [1.54, 1.807) is 29.4 Å². The lowest BCUT2D eigenvalue weighted by molar-refractivity contribution is -0.114. The number of nitrogens with one attached hydrogen (secondary N) is 2. The molecular weight excluding hydrogens is 528 g/mol. The van der Waals surface area contributed by atoms with Crippen LogP contribution in [0.4, 0.5) is 17.2 Å². The smallest absolute Gasteiger partial charge is 0.255 e. The van der Waals surface area contributed by atoms with Crippen LogP contribution in [0.2, 0.25) is 0 Å². The highest BCUT2D eigenvalue weighted by atomic mass is 16.5. The number of anilines is 3. The van der Waals surface area contributed by atoms with Gasteiger partial charge in [0.15, 0.2) is 5.65 Å². The lowest BCUT2D eigenvalue weighted by Crippen LogP contribution is -2.40. The van der Waals surface area contributed by atoms with Crippen LogP contribution in [0.5, 0.6) is 0 Å². The van der Waals surface area contributed by atoms with E-state index in [0.29, 0.717) is 37.7 Å². The first-order chi connectivity index (χ1) is 20.4. The molecule has 2 N–H and O–H groups in total. The van der Waals surface area contributed by atoms with Crippen molar-refractivity contribution in [2.75, 3.05) is 36.9 Å². The number of imidazole rings is 1. The lowest BCUT2D eigenvalue weighted by atomic mass is 9.91. The predicted molar refractivity (Wildman–Crippen MR) is 166 cm³/mol. The highest BCUT2D eigenvalue weighted by Gasteiger charge is 2.19. The van der Waals surface area contributed by atoms with Gasteiger partial charge in [-0.2, -0.15) is 0 Å². The van der Waals surface area contributed by atoms with Crippen molar-refractivity contribution in [3.05, 3.63) is 72.3 Å². The highest BCUT2D eigenvalue weighted by molar-refractivity contribution is 5.94. The summed E-state index contributed by atoms with van der Waals surface area (Å²) in [6, 6.07) is 11.4. The number of ether oxygens (including phenoxy) is 1. The van der Waals surface area contributed by atoms with Gasteiger partial charge in [0.2, 0.25) is 5.91 Å². The third-order valence-electron chi connectivity index (χ3n) is 7.91. The first-order valence-electron chi connectivity index (χ1n) is 14.8. The molecule has 1 aromatic carbocycles. The molecule has 1 saturated carbocycles. The molecule has 1 aliphatic heterocycles. The summed E-state index contributed by atoms with van der Waals surface area (Å²) < 4.78 is 7.27. The molecule has 220 valence electrons. The van der Waals surface area contributed by atoms with Gasteiger partial charge >= 0.3 is 0 Å². The molecule has 0 radical (unpaired) electrons. The summed E-state index contributed by atoms with van der Waals surface area (Å²) >= 11 is 0. The molecule has 2 amide bonds. The fourth-order valence-corrected chi connectivity index (χ4v) is 5.53. The van der Waals surface area contributed by atoms with Crippen LogP contribution in [0, 0.1) is 12.8 Å². The number of fused-ring (bicyclic) bond motifs is 1. The first-order valence-corrected chi connectivity index (χ1v) is 14.8. The largest absolute Gasteiger partial charge is 0.378 e. The molecule has 9 heteroatoms. The summed E-state index contributed by atoms with van der Waals surface area (Å²) in [6.45, 7) is 8.14. The Hall–Kier alpha value is -4.24. The standard InChI is InChI=1S/C26H26N6O3.C7H14/c1-17-21(4-3-5-22(17)29-18(2)33)20-14-23(25-27-8-9-32(25)16-20)30-24-7-6-19(15-28-24)26(34)31-10-12-35-13-11-31;1-7-5-3-2-4-6-7/h3-9,14-16H,10-13H2,1-2H3,(H,28,30)(H,29,33);7H,2-6H2,1H3. The minimum atomic E-state index is -0.112. The molecule has 4 aromatic rings. The molecule has 3 aromatic heterocycles. The Morgan fingerprint density at radius 2 is 1.79 bits per heavy atom. The molecule has 2 aliphatic rings. The summed E-state index contributed by atoms with van der Waals surface area (Å²) in [5.41, 5.74) is 5.77. The van der Waals surface area contributed by atoms with Crippen molar-refractivity contribution in [2.24, 2.45) is 5.92 Å². The molecule has 0 spiro atoms. The van der Waals surface area contributed by atoms with E-state index in [0.717, 1.165) is 39.6 Å². The second-order valence-electron chi connectivity index (χ2n) is 11.2. The maximum absolute atomic E-state index is 12.7. The molecule has 0 bridgehead atoms. The van der Waals surface area contributed by atoms with E-state index < -0.39 is 0 Å². The van der Waals surface area contributed by atoms with Gasteiger partial charge in [0, 0.05) is 56.1 Å².